The fourth-order valence-corrected chi connectivity index (χ4v) is 2.42. The van der Waals surface area contributed by atoms with Crippen molar-refractivity contribution in [1.29, 1.82) is 0 Å². The van der Waals surface area contributed by atoms with Gasteiger partial charge in [-0.2, -0.15) is 0 Å². The van der Waals surface area contributed by atoms with Crippen LogP contribution in [0.4, 0.5) is 0 Å². The molecule has 0 aliphatic rings. The van der Waals surface area contributed by atoms with Gasteiger partial charge in [-0.1, -0.05) is 44.2 Å². The van der Waals surface area contributed by atoms with Crippen LogP contribution < -0.4 is 11.1 Å². The number of nitrogens with two attached hydrogens (primary N) is 1. The quantitative estimate of drug-likeness (QED) is 0.702. The van der Waals surface area contributed by atoms with Crippen molar-refractivity contribution in [2.75, 3.05) is 33.3 Å². The third kappa shape index (κ3) is 7.50. The van der Waals surface area contributed by atoms with Crippen molar-refractivity contribution >= 4 is 30.7 Å². The summed E-state index contributed by atoms with van der Waals surface area (Å²) in [6.45, 7) is 6.83. The van der Waals surface area contributed by atoms with Crippen LogP contribution in [0.3, 0.4) is 0 Å². The average Bonchev–Trinajstić information content (AvgIpc) is 2.53. The summed E-state index contributed by atoms with van der Waals surface area (Å²) < 4.78 is 5.06. The molecule has 3 N–H and O–H groups in total. The molecule has 0 aromatic heterocycles. The average molecular weight is 366 g/mol. The third-order valence-electron chi connectivity index (χ3n) is 3.70. The first-order valence-corrected chi connectivity index (χ1v) is 7.47. The summed E-state index contributed by atoms with van der Waals surface area (Å²) in [5, 5.41) is 2.95. The summed E-state index contributed by atoms with van der Waals surface area (Å²) in [4.78, 5) is 14.3. The van der Waals surface area contributed by atoms with E-state index in [4.69, 9.17) is 10.5 Å². The minimum Gasteiger partial charge on any atom is -0.370 e. The number of hydrogen-bond acceptors (Lipinski definition) is 4. The van der Waals surface area contributed by atoms with Gasteiger partial charge in [0, 0.05) is 20.2 Å². The number of hydrogen-bond donors (Lipinski definition) is 2. The lowest BCUT2D eigenvalue weighted by Gasteiger charge is -2.30. The summed E-state index contributed by atoms with van der Waals surface area (Å²) in [6.07, 6.45) is -0.585. The fraction of sp³-hybridized carbons (Fsp3) is 0.562. The van der Waals surface area contributed by atoms with E-state index in [-0.39, 0.29) is 43.3 Å². The molecule has 1 aromatic rings. The predicted molar refractivity (Wildman–Crippen MR) is 99.5 cm³/mol. The van der Waals surface area contributed by atoms with Gasteiger partial charge in [0.25, 0.3) is 5.91 Å². The molecule has 23 heavy (non-hydrogen) atoms. The molecule has 7 heteroatoms. The van der Waals surface area contributed by atoms with Gasteiger partial charge < -0.3 is 15.8 Å². The number of nitrogens with one attached hydrogen (secondary N) is 1. The van der Waals surface area contributed by atoms with E-state index in [1.807, 2.05) is 18.2 Å². The maximum atomic E-state index is 12.0. The van der Waals surface area contributed by atoms with Gasteiger partial charge >= 0.3 is 0 Å². The first-order valence-electron chi connectivity index (χ1n) is 7.47. The van der Waals surface area contributed by atoms with Crippen LogP contribution in [0.2, 0.25) is 0 Å². The molecular weight excluding hydrogens is 337 g/mol. The largest absolute Gasteiger partial charge is 0.370 e. The van der Waals surface area contributed by atoms with Gasteiger partial charge in [-0.05, 0) is 18.7 Å². The van der Waals surface area contributed by atoms with Crippen molar-refractivity contribution in [3.8, 4) is 0 Å². The maximum Gasteiger partial charge on any atom is 0.250 e. The second-order valence-corrected chi connectivity index (χ2v) is 4.85. The molecule has 0 heterocycles. The second kappa shape index (κ2) is 13.6. The SMILES string of the molecule is CCN(CC)C(CNC(=O)C(CN)OC)c1ccccc1.Cl.Cl. The number of ether oxygens (including phenoxy) is 1. The van der Waals surface area contributed by atoms with Crippen molar-refractivity contribution < 1.29 is 9.53 Å². The number of benzene rings is 1. The summed E-state index contributed by atoms with van der Waals surface area (Å²) in [7, 11) is 1.50. The van der Waals surface area contributed by atoms with Crippen molar-refractivity contribution in [3.63, 3.8) is 0 Å². The van der Waals surface area contributed by atoms with Gasteiger partial charge in [0.1, 0.15) is 6.10 Å². The van der Waals surface area contributed by atoms with E-state index in [0.717, 1.165) is 13.1 Å². The van der Waals surface area contributed by atoms with Gasteiger partial charge in [-0.15, -0.1) is 24.8 Å². The molecule has 1 amide bonds. The number of amides is 1. The Morgan fingerprint density at radius 1 is 1.22 bits per heavy atom. The lowest BCUT2D eigenvalue weighted by atomic mass is 10.0. The summed E-state index contributed by atoms with van der Waals surface area (Å²) in [5.74, 6) is -0.159. The van der Waals surface area contributed by atoms with Crippen molar-refractivity contribution in [1.82, 2.24) is 10.2 Å². The van der Waals surface area contributed by atoms with Crippen LogP contribution >= 0.6 is 24.8 Å². The molecule has 5 nitrogen and oxygen atoms in total. The first kappa shape index (κ1) is 24.4. The smallest absolute Gasteiger partial charge is 0.250 e. The van der Waals surface area contributed by atoms with Gasteiger partial charge in [-0.3, -0.25) is 9.69 Å². The zero-order chi connectivity index (χ0) is 15.7. The molecule has 0 aliphatic carbocycles. The Morgan fingerprint density at radius 2 is 1.78 bits per heavy atom. The number of methoxy groups -OCH3 is 1. The number of likely N-dealkylation sites (N-methyl/N-ethyl adjacent to an activating group) is 1. The molecular formula is C16H29Cl2N3O2. The Kier molecular flexibility index (Phi) is 14.4. The Hall–Kier alpha value is -0.850. The normalized spacial score (nSPS) is 12.7. The Balaban J connectivity index is 0. The van der Waals surface area contributed by atoms with E-state index in [0.29, 0.717) is 6.54 Å². The molecule has 0 aliphatic heterocycles. The van der Waals surface area contributed by atoms with Crippen LogP contribution in [0.5, 0.6) is 0 Å². The van der Waals surface area contributed by atoms with Gasteiger partial charge in [0.15, 0.2) is 0 Å². The number of carbonyl (C=O) groups excluding carboxylic acids is 1. The molecule has 2 atom stereocenters. The lowest BCUT2D eigenvalue weighted by Crippen LogP contribution is -2.44. The molecule has 0 fully saturated rings. The zero-order valence-corrected chi connectivity index (χ0v) is 15.7. The number of nitrogens with zero attached hydrogens (tertiary/aromatic N) is 1. The van der Waals surface area contributed by atoms with Crippen LogP contribution in [0.1, 0.15) is 25.5 Å². The minimum atomic E-state index is -0.585. The van der Waals surface area contributed by atoms with E-state index in [1.165, 1.54) is 12.7 Å². The molecule has 0 radical (unpaired) electrons. The highest BCUT2D eigenvalue weighted by atomic mass is 35.5. The van der Waals surface area contributed by atoms with Crippen LogP contribution in [-0.2, 0) is 9.53 Å². The van der Waals surface area contributed by atoms with E-state index < -0.39 is 6.10 Å². The Labute approximate surface area is 151 Å². The van der Waals surface area contributed by atoms with E-state index in [1.54, 1.807) is 0 Å². The van der Waals surface area contributed by atoms with Crippen molar-refractivity contribution in [3.05, 3.63) is 35.9 Å². The summed E-state index contributed by atoms with van der Waals surface area (Å²) in [5.41, 5.74) is 6.72. The standard InChI is InChI=1S/C16H27N3O2.2ClH/c1-4-19(5-2)14(13-9-7-6-8-10-13)12-18-16(20)15(11-17)21-3;;/h6-10,14-15H,4-5,11-12,17H2,1-3H3,(H,18,20);2*1H. The van der Waals surface area contributed by atoms with E-state index >= 15 is 0 Å². The molecule has 1 aromatic carbocycles. The molecule has 0 spiro atoms. The Bertz CT molecular complexity index is 413. The number of carbonyl (C=O) groups is 1. The number of rotatable bonds is 9. The highest BCUT2D eigenvalue weighted by Crippen LogP contribution is 2.19. The maximum absolute atomic E-state index is 12.0. The molecule has 0 saturated carbocycles. The molecule has 2 unspecified atom stereocenters. The second-order valence-electron chi connectivity index (χ2n) is 4.85. The predicted octanol–water partition coefficient (Wildman–Crippen LogP) is 2.00. The first-order chi connectivity index (χ1) is 10.2. The van der Waals surface area contributed by atoms with Crippen molar-refractivity contribution in [2.24, 2.45) is 5.73 Å². The summed E-state index contributed by atoms with van der Waals surface area (Å²) >= 11 is 0. The van der Waals surface area contributed by atoms with Crippen LogP contribution in [0.15, 0.2) is 30.3 Å². The van der Waals surface area contributed by atoms with Gasteiger partial charge in [0.05, 0.1) is 6.04 Å². The number of halogens is 2. The highest BCUT2D eigenvalue weighted by molar-refractivity contribution is 5.85. The lowest BCUT2D eigenvalue weighted by molar-refractivity contribution is -0.130. The molecule has 134 valence electrons. The zero-order valence-electron chi connectivity index (χ0n) is 14.0. The van der Waals surface area contributed by atoms with E-state index in [2.05, 4.69) is 36.2 Å². The highest BCUT2D eigenvalue weighted by Gasteiger charge is 2.21. The van der Waals surface area contributed by atoms with E-state index in [9.17, 15) is 4.79 Å². The monoisotopic (exact) mass is 365 g/mol. The third-order valence-corrected chi connectivity index (χ3v) is 3.70. The van der Waals surface area contributed by atoms with Crippen LogP contribution in [0.25, 0.3) is 0 Å². The van der Waals surface area contributed by atoms with Gasteiger partial charge in [-0.25, -0.2) is 0 Å². The topological polar surface area (TPSA) is 67.6 Å². The summed E-state index contributed by atoms with van der Waals surface area (Å²) in [6, 6.07) is 10.4. The van der Waals surface area contributed by atoms with Crippen LogP contribution in [0, 0.1) is 0 Å². The van der Waals surface area contributed by atoms with Gasteiger partial charge in [0.2, 0.25) is 0 Å². The molecule has 0 bridgehead atoms. The van der Waals surface area contributed by atoms with Crippen molar-refractivity contribution in [2.45, 2.75) is 26.0 Å². The molecule has 0 saturated heterocycles. The minimum absolute atomic E-state index is 0. The molecule has 1 rings (SSSR count). The fourth-order valence-electron chi connectivity index (χ4n) is 2.42. The Morgan fingerprint density at radius 3 is 2.22 bits per heavy atom. The van der Waals surface area contributed by atoms with Crippen LogP contribution in [-0.4, -0.2) is 50.2 Å².